The number of aromatic nitrogens is 1. The van der Waals surface area contributed by atoms with Crippen LogP contribution in [-0.2, 0) is 0 Å². The first-order valence-corrected chi connectivity index (χ1v) is 7.25. The molecule has 0 fully saturated rings. The van der Waals surface area contributed by atoms with Gasteiger partial charge in [0.2, 0.25) is 0 Å². The van der Waals surface area contributed by atoms with Crippen molar-refractivity contribution < 1.29 is 4.79 Å². The fourth-order valence-corrected chi connectivity index (χ4v) is 1.86. The second-order valence-corrected chi connectivity index (χ2v) is 5.28. The highest BCUT2D eigenvalue weighted by atomic mass is 35.5. The Morgan fingerprint density at radius 3 is 2.62 bits per heavy atom. The predicted molar refractivity (Wildman–Crippen MR) is 86.2 cm³/mol. The van der Waals surface area contributed by atoms with E-state index in [1.807, 2.05) is 44.2 Å². The van der Waals surface area contributed by atoms with Crippen molar-refractivity contribution in [3.05, 3.63) is 53.3 Å². The minimum absolute atomic E-state index is 0.132. The molecule has 110 valence electrons. The SMILES string of the molecule is CCC(C)NC(=O)c1cc(Nc2ccc(Cl)cc2)ccn1. The second kappa shape index (κ2) is 7.09. The minimum Gasteiger partial charge on any atom is -0.355 e. The molecule has 1 aromatic heterocycles. The molecule has 0 saturated heterocycles. The summed E-state index contributed by atoms with van der Waals surface area (Å²) in [7, 11) is 0. The third kappa shape index (κ3) is 4.46. The zero-order valence-electron chi connectivity index (χ0n) is 12.1. The monoisotopic (exact) mass is 303 g/mol. The van der Waals surface area contributed by atoms with Crippen LogP contribution in [0.2, 0.25) is 5.02 Å². The lowest BCUT2D eigenvalue weighted by Crippen LogP contribution is -2.32. The summed E-state index contributed by atoms with van der Waals surface area (Å²) < 4.78 is 0. The van der Waals surface area contributed by atoms with E-state index in [0.29, 0.717) is 10.7 Å². The van der Waals surface area contributed by atoms with E-state index in [1.165, 1.54) is 0 Å². The van der Waals surface area contributed by atoms with Crippen molar-refractivity contribution in [2.75, 3.05) is 5.32 Å². The number of nitrogens with one attached hydrogen (secondary N) is 2. The molecule has 2 aromatic rings. The summed E-state index contributed by atoms with van der Waals surface area (Å²) in [5, 5.41) is 6.80. The molecule has 0 radical (unpaired) electrons. The number of carbonyl (C=O) groups excluding carboxylic acids is 1. The van der Waals surface area contributed by atoms with Crippen LogP contribution in [0.25, 0.3) is 0 Å². The largest absolute Gasteiger partial charge is 0.355 e. The minimum atomic E-state index is -0.163. The fourth-order valence-electron chi connectivity index (χ4n) is 1.73. The van der Waals surface area contributed by atoms with Gasteiger partial charge in [-0.2, -0.15) is 0 Å². The first-order valence-electron chi connectivity index (χ1n) is 6.88. The zero-order valence-corrected chi connectivity index (χ0v) is 12.8. The van der Waals surface area contributed by atoms with Crippen molar-refractivity contribution in [1.29, 1.82) is 0 Å². The van der Waals surface area contributed by atoms with Gasteiger partial charge in [-0.15, -0.1) is 0 Å². The lowest BCUT2D eigenvalue weighted by Gasteiger charge is -2.12. The molecule has 21 heavy (non-hydrogen) atoms. The van der Waals surface area contributed by atoms with E-state index in [0.717, 1.165) is 17.8 Å². The smallest absolute Gasteiger partial charge is 0.270 e. The topological polar surface area (TPSA) is 54.0 Å². The van der Waals surface area contributed by atoms with Gasteiger partial charge in [-0.25, -0.2) is 0 Å². The number of carbonyl (C=O) groups is 1. The van der Waals surface area contributed by atoms with Gasteiger partial charge in [-0.05, 0) is 49.7 Å². The van der Waals surface area contributed by atoms with Gasteiger partial charge in [0.1, 0.15) is 5.69 Å². The highest BCUT2D eigenvalue weighted by Gasteiger charge is 2.10. The van der Waals surface area contributed by atoms with Gasteiger partial charge in [0.25, 0.3) is 5.91 Å². The second-order valence-electron chi connectivity index (χ2n) is 4.84. The summed E-state index contributed by atoms with van der Waals surface area (Å²) >= 11 is 5.85. The van der Waals surface area contributed by atoms with Gasteiger partial charge in [-0.1, -0.05) is 18.5 Å². The highest BCUT2D eigenvalue weighted by Crippen LogP contribution is 2.19. The van der Waals surface area contributed by atoms with Crippen LogP contribution in [0.3, 0.4) is 0 Å². The number of hydrogen-bond acceptors (Lipinski definition) is 3. The summed E-state index contributed by atoms with van der Waals surface area (Å²) in [5.41, 5.74) is 2.11. The first kappa shape index (κ1) is 15.3. The van der Waals surface area contributed by atoms with E-state index in [9.17, 15) is 4.79 Å². The van der Waals surface area contributed by atoms with Gasteiger partial charge >= 0.3 is 0 Å². The van der Waals surface area contributed by atoms with Crippen LogP contribution < -0.4 is 10.6 Å². The van der Waals surface area contributed by atoms with E-state index in [4.69, 9.17) is 11.6 Å². The number of rotatable bonds is 5. The Bertz CT molecular complexity index is 613. The molecular weight excluding hydrogens is 286 g/mol. The number of hydrogen-bond donors (Lipinski definition) is 2. The lowest BCUT2D eigenvalue weighted by atomic mass is 10.2. The molecule has 2 N–H and O–H groups in total. The number of amides is 1. The molecule has 1 aromatic carbocycles. The van der Waals surface area contributed by atoms with Gasteiger partial charge < -0.3 is 10.6 Å². The molecule has 1 heterocycles. The van der Waals surface area contributed by atoms with Crippen molar-refractivity contribution in [2.45, 2.75) is 26.3 Å². The van der Waals surface area contributed by atoms with Crippen molar-refractivity contribution in [1.82, 2.24) is 10.3 Å². The van der Waals surface area contributed by atoms with Crippen molar-refractivity contribution in [3.63, 3.8) is 0 Å². The Morgan fingerprint density at radius 1 is 1.24 bits per heavy atom. The molecule has 1 atom stereocenters. The van der Waals surface area contributed by atoms with Gasteiger partial charge in [0.05, 0.1) is 0 Å². The van der Waals surface area contributed by atoms with E-state index >= 15 is 0 Å². The third-order valence-corrected chi connectivity index (χ3v) is 3.37. The van der Waals surface area contributed by atoms with E-state index in [1.54, 1.807) is 12.3 Å². The number of nitrogens with zero attached hydrogens (tertiary/aromatic N) is 1. The molecule has 1 amide bonds. The van der Waals surface area contributed by atoms with E-state index in [2.05, 4.69) is 15.6 Å². The van der Waals surface area contributed by atoms with Gasteiger partial charge in [-0.3, -0.25) is 9.78 Å². The molecule has 2 rings (SSSR count). The number of anilines is 2. The molecule has 0 aliphatic heterocycles. The number of halogens is 1. The molecule has 0 saturated carbocycles. The normalized spacial score (nSPS) is 11.8. The Morgan fingerprint density at radius 2 is 1.95 bits per heavy atom. The molecule has 0 spiro atoms. The van der Waals surface area contributed by atoms with E-state index < -0.39 is 0 Å². The Labute approximate surface area is 129 Å². The highest BCUT2D eigenvalue weighted by molar-refractivity contribution is 6.30. The van der Waals surface area contributed by atoms with Gasteiger partial charge in [0, 0.05) is 28.6 Å². The summed E-state index contributed by atoms with van der Waals surface area (Å²) in [5.74, 6) is -0.163. The average Bonchev–Trinajstić information content (AvgIpc) is 2.49. The maximum Gasteiger partial charge on any atom is 0.270 e. The molecule has 0 aliphatic rings. The maximum atomic E-state index is 12.0. The van der Waals surface area contributed by atoms with Crippen LogP contribution >= 0.6 is 11.6 Å². The third-order valence-electron chi connectivity index (χ3n) is 3.12. The number of pyridine rings is 1. The fraction of sp³-hybridized carbons (Fsp3) is 0.250. The summed E-state index contributed by atoms with van der Waals surface area (Å²) in [6.07, 6.45) is 2.50. The van der Waals surface area contributed by atoms with Crippen LogP contribution in [0.4, 0.5) is 11.4 Å². The standard InChI is InChI=1S/C16H18ClN3O/c1-3-11(2)19-16(21)15-10-14(8-9-18-15)20-13-6-4-12(17)5-7-13/h4-11H,3H2,1-2H3,(H,18,20)(H,19,21). The summed E-state index contributed by atoms with van der Waals surface area (Å²) in [6.45, 7) is 3.99. The molecule has 0 bridgehead atoms. The molecule has 5 heteroatoms. The molecule has 1 unspecified atom stereocenters. The summed E-state index contributed by atoms with van der Waals surface area (Å²) in [4.78, 5) is 16.2. The van der Waals surface area contributed by atoms with Crippen LogP contribution in [0.15, 0.2) is 42.6 Å². The van der Waals surface area contributed by atoms with Crippen LogP contribution in [0.1, 0.15) is 30.8 Å². The summed E-state index contributed by atoms with van der Waals surface area (Å²) in [6, 6.07) is 11.0. The lowest BCUT2D eigenvalue weighted by molar-refractivity contribution is 0.0934. The molecular formula is C16H18ClN3O. The first-order chi connectivity index (χ1) is 10.1. The van der Waals surface area contributed by atoms with Gasteiger partial charge in [0.15, 0.2) is 0 Å². The van der Waals surface area contributed by atoms with Crippen LogP contribution in [-0.4, -0.2) is 16.9 Å². The average molecular weight is 304 g/mol. The Balaban J connectivity index is 2.10. The Hall–Kier alpha value is -2.07. The van der Waals surface area contributed by atoms with E-state index in [-0.39, 0.29) is 11.9 Å². The maximum absolute atomic E-state index is 12.0. The van der Waals surface area contributed by atoms with Crippen LogP contribution in [0.5, 0.6) is 0 Å². The van der Waals surface area contributed by atoms with Crippen molar-refractivity contribution >= 4 is 28.9 Å². The Kier molecular flexibility index (Phi) is 5.17. The molecule has 0 aliphatic carbocycles. The number of benzene rings is 1. The predicted octanol–water partition coefficient (Wildman–Crippen LogP) is 4.01. The van der Waals surface area contributed by atoms with Crippen molar-refractivity contribution in [2.24, 2.45) is 0 Å². The quantitative estimate of drug-likeness (QED) is 0.877. The zero-order chi connectivity index (χ0) is 15.2. The molecule has 4 nitrogen and oxygen atoms in total. The van der Waals surface area contributed by atoms with Crippen molar-refractivity contribution in [3.8, 4) is 0 Å². The van der Waals surface area contributed by atoms with Crippen LogP contribution in [0, 0.1) is 0 Å².